The van der Waals surface area contributed by atoms with Crippen molar-refractivity contribution in [1.82, 2.24) is 4.90 Å². The van der Waals surface area contributed by atoms with E-state index in [1.165, 1.54) is 44.9 Å². The maximum absolute atomic E-state index is 10.0. The maximum Gasteiger partial charge on any atom is 0.0570 e. The van der Waals surface area contributed by atoms with E-state index in [9.17, 15) is 5.11 Å². The van der Waals surface area contributed by atoms with Crippen molar-refractivity contribution in [2.45, 2.75) is 88.9 Å². The molecule has 3 heteroatoms. The van der Waals surface area contributed by atoms with E-state index in [0.717, 1.165) is 25.3 Å². The molecule has 2 heterocycles. The smallest absolute Gasteiger partial charge is 0.0570 e. The van der Waals surface area contributed by atoms with Gasteiger partial charge in [-0.1, -0.05) is 26.2 Å². The minimum absolute atomic E-state index is 0.0462. The number of piperidine rings is 1. The van der Waals surface area contributed by atoms with Crippen LogP contribution in [0.15, 0.2) is 0 Å². The first-order valence-electron chi connectivity index (χ1n) is 8.88. The third-order valence-electron chi connectivity index (χ3n) is 6.21. The molecule has 0 radical (unpaired) electrons. The average Bonchev–Trinajstić information content (AvgIpc) is 2.71. The molecule has 3 nitrogen and oxygen atoms in total. The van der Waals surface area contributed by atoms with Crippen molar-refractivity contribution in [2.75, 3.05) is 6.54 Å². The summed E-state index contributed by atoms with van der Waals surface area (Å²) in [6.45, 7) is 3.16. The summed E-state index contributed by atoms with van der Waals surface area (Å²) in [7, 11) is 0. The van der Waals surface area contributed by atoms with Crippen LogP contribution in [0.2, 0.25) is 0 Å². The maximum atomic E-state index is 10.0. The molecule has 3 aliphatic rings. The average molecular weight is 280 g/mol. The van der Waals surface area contributed by atoms with Crippen LogP contribution in [0.3, 0.4) is 0 Å². The first kappa shape index (κ1) is 14.8. The third-order valence-corrected chi connectivity index (χ3v) is 6.21. The number of hydrogen-bond acceptors (Lipinski definition) is 3. The Hall–Kier alpha value is -0.120. The third kappa shape index (κ3) is 2.77. The summed E-state index contributed by atoms with van der Waals surface area (Å²) >= 11 is 0. The molecule has 3 N–H and O–H groups in total. The lowest BCUT2D eigenvalue weighted by molar-refractivity contribution is -0.0245. The minimum atomic E-state index is -0.0462. The predicted octanol–water partition coefficient (Wildman–Crippen LogP) is 2.52. The highest BCUT2D eigenvalue weighted by atomic mass is 16.3. The first-order valence-corrected chi connectivity index (χ1v) is 8.88. The molecule has 5 atom stereocenters. The highest BCUT2D eigenvalue weighted by Gasteiger charge is 2.46. The van der Waals surface area contributed by atoms with Gasteiger partial charge in [0.25, 0.3) is 0 Å². The van der Waals surface area contributed by atoms with Gasteiger partial charge in [-0.15, -0.1) is 0 Å². The predicted molar refractivity (Wildman–Crippen MR) is 82.5 cm³/mol. The topological polar surface area (TPSA) is 49.5 Å². The van der Waals surface area contributed by atoms with Crippen LogP contribution in [-0.2, 0) is 0 Å². The molecular weight excluding hydrogens is 248 g/mol. The fourth-order valence-corrected chi connectivity index (χ4v) is 5.33. The van der Waals surface area contributed by atoms with E-state index in [-0.39, 0.29) is 6.10 Å². The van der Waals surface area contributed by atoms with Gasteiger partial charge in [0.15, 0.2) is 0 Å². The molecule has 0 aromatic heterocycles. The summed E-state index contributed by atoms with van der Waals surface area (Å²) in [6.07, 6.45) is 11.3. The van der Waals surface area contributed by atoms with Gasteiger partial charge in [0.05, 0.1) is 6.10 Å². The molecule has 5 unspecified atom stereocenters. The number of rotatable bonds is 4. The molecule has 2 aliphatic heterocycles. The van der Waals surface area contributed by atoms with Crippen molar-refractivity contribution in [3.63, 3.8) is 0 Å². The lowest BCUT2D eigenvalue weighted by Crippen LogP contribution is -2.55. The van der Waals surface area contributed by atoms with Crippen molar-refractivity contribution in [3.05, 3.63) is 0 Å². The number of nitrogens with two attached hydrogens (primary N) is 1. The number of nitrogens with zero attached hydrogens (tertiary/aromatic N) is 1. The molecule has 0 aromatic rings. The van der Waals surface area contributed by atoms with Crippen LogP contribution >= 0.6 is 0 Å². The van der Waals surface area contributed by atoms with Gasteiger partial charge in [0, 0.05) is 18.1 Å². The van der Waals surface area contributed by atoms with Crippen molar-refractivity contribution >= 4 is 0 Å². The zero-order valence-electron chi connectivity index (χ0n) is 13.0. The summed E-state index contributed by atoms with van der Waals surface area (Å²) in [6, 6.07) is 1.99. The van der Waals surface area contributed by atoms with Crippen LogP contribution in [0.4, 0.5) is 0 Å². The van der Waals surface area contributed by atoms with Crippen molar-refractivity contribution < 1.29 is 5.11 Å². The Labute approximate surface area is 123 Å². The second-order valence-electron chi connectivity index (χ2n) is 7.49. The lowest BCUT2D eigenvalue weighted by atomic mass is 9.75. The Morgan fingerprint density at radius 1 is 1.05 bits per heavy atom. The summed E-state index contributed by atoms with van der Waals surface area (Å²) < 4.78 is 0. The van der Waals surface area contributed by atoms with Crippen LogP contribution in [0.25, 0.3) is 0 Å². The van der Waals surface area contributed by atoms with E-state index in [1.54, 1.807) is 0 Å². The van der Waals surface area contributed by atoms with Gasteiger partial charge in [0.1, 0.15) is 0 Å². The number of aliphatic hydroxyl groups is 1. The Balaban J connectivity index is 1.72. The van der Waals surface area contributed by atoms with Crippen molar-refractivity contribution in [2.24, 2.45) is 17.6 Å². The molecule has 0 spiro atoms. The van der Waals surface area contributed by atoms with Gasteiger partial charge in [-0.3, -0.25) is 4.90 Å². The Kier molecular flexibility index (Phi) is 4.68. The molecule has 1 saturated carbocycles. The summed E-state index contributed by atoms with van der Waals surface area (Å²) in [5.74, 6) is 1.61. The van der Waals surface area contributed by atoms with E-state index in [1.807, 2.05) is 0 Å². The standard InChI is InChI=1S/C17H32N2O/c1-2-3-12-4-5-13(11-18)17(8-12)19-14-6-7-15(19)10-16(20)9-14/h12-17,20H,2-11,18H2,1H3. The Morgan fingerprint density at radius 3 is 2.35 bits per heavy atom. The molecule has 20 heavy (non-hydrogen) atoms. The van der Waals surface area contributed by atoms with Gasteiger partial charge in [-0.2, -0.15) is 0 Å². The van der Waals surface area contributed by atoms with Crippen LogP contribution in [-0.4, -0.2) is 40.8 Å². The molecule has 0 amide bonds. The summed E-state index contributed by atoms with van der Waals surface area (Å²) in [4.78, 5) is 2.81. The molecule has 1 aliphatic carbocycles. The minimum Gasteiger partial charge on any atom is -0.393 e. The van der Waals surface area contributed by atoms with Gasteiger partial charge < -0.3 is 10.8 Å². The van der Waals surface area contributed by atoms with Crippen molar-refractivity contribution in [3.8, 4) is 0 Å². The van der Waals surface area contributed by atoms with E-state index >= 15 is 0 Å². The normalized spacial score (nSPS) is 45.8. The van der Waals surface area contributed by atoms with Crippen LogP contribution < -0.4 is 5.73 Å². The van der Waals surface area contributed by atoms with Crippen molar-refractivity contribution in [1.29, 1.82) is 0 Å². The van der Waals surface area contributed by atoms with Gasteiger partial charge >= 0.3 is 0 Å². The zero-order valence-corrected chi connectivity index (χ0v) is 13.0. The number of hydrogen-bond donors (Lipinski definition) is 2. The highest BCUT2D eigenvalue weighted by Crippen LogP contribution is 2.43. The van der Waals surface area contributed by atoms with E-state index in [0.29, 0.717) is 24.0 Å². The van der Waals surface area contributed by atoms with Crippen LogP contribution in [0.1, 0.15) is 64.7 Å². The van der Waals surface area contributed by atoms with E-state index in [2.05, 4.69) is 11.8 Å². The van der Waals surface area contributed by atoms with E-state index in [4.69, 9.17) is 5.73 Å². The SMILES string of the molecule is CCCC1CCC(CN)C(N2C3CCC2CC(O)C3)C1. The molecule has 3 rings (SSSR count). The first-order chi connectivity index (χ1) is 9.72. The van der Waals surface area contributed by atoms with Gasteiger partial charge in [-0.25, -0.2) is 0 Å². The second kappa shape index (κ2) is 6.33. The highest BCUT2D eigenvalue weighted by molar-refractivity contribution is 5.01. The van der Waals surface area contributed by atoms with Crippen LogP contribution in [0.5, 0.6) is 0 Å². The number of aliphatic hydroxyl groups excluding tert-OH is 1. The van der Waals surface area contributed by atoms with Gasteiger partial charge in [-0.05, 0) is 56.9 Å². The Morgan fingerprint density at radius 2 is 1.75 bits per heavy atom. The molecule has 0 aromatic carbocycles. The van der Waals surface area contributed by atoms with Gasteiger partial charge in [0.2, 0.25) is 0 Å². The summed E-state index contributed by atoms with van der Waals surface area (Å²) in [5.41, 5.74) is 6.08. The second-order valence-corrected chi connectivity index (χ2v) is 7.49. The Bertz CT molecular complexity index is 308. The number of fused-ring (bicyclic) bond motifs is 2. The molecule has 2 saturated heterocycles. The molecule has 2 bridgehead atoms. The molecule has 3 fully saturated rings. The molecular formula is C17H32N2O. The quantitative estimate of drug-likeness (QED) is 0.832. The van der Waals surface area contributed by atoms with E-state index < -0.39 is 0 Å². The monoisotopic (exact) mass is 280 g/mol. The molecule has 116 valence electrons. The van der Waals surface area contributed by atoms with Crippen LogP contribution in [0, 0.1) is 11.8 Å². The fourth-order valence-electron chi connectivity index (χ4n) is 5.33. The lowest BCUT2D eigenvalue weighted by Gasteiger charge is -2.48. The summed E-state index contributed by atoms with van der Waals surface area (Å²) in [5, 5.41) is 10.0. The zero-order chi connectivity index (χ0) is 14.1. The largest absolute Gasteiger partial charge is 0.393 e. The fraction of sp³-hybridized carbons (Fsp3) is 1.00.